The molecule has 1 fully saturated rings. The van der Waals surface area contributed by atoms with Crippen LogP contribution in [0.2, 0.25) is 0 Å². The van der Waals surface area contributed by atoms with E-state index in [1.807, 2.05) is 7.05 Å². The van der Waals surface area contributed by atoms with Gasteiger partial charge in [0.15, 0.2) is 0 Å². The molecule has 2 N–H and O–H groups in total. The Morgan fingerprint density at radius 3 is 2.52 bits per heavy atom. The van der Waals surface area contributed by atoms with Crippen LogP contribution in [0.1, 0.15) is 35.7 Å². The predicted octanol–water partition coefficient (Wildman–Crippen LogP) is 6.12. The van der Waals surface area contributed by atoms with Gasteiger partial charge in [0.1, 0.15) is 17.6 Å². The molecule has 9 nitrogen and oxygen atoms in total. The van der Waals surface area contributed by atoms with Gasteiger partial charge in [-0.3, -0.25) is 14.9 Å². The molecule has 2 heterocycles. The van der Waals surface area contributed by atoms with Crippen LogP contribution in [-0.2, 0) is 11.0 Å². The number of likely N-dealkylation sites (tertiary alicyclic amines) is 1. The van der Waals surface area contributed by atoms with E-state index in [4.69, 9.17) is 9.47 Å². The largest absolute Gasteiger partial charge is 0.490 e. The summed E-state index contributed by atoms with van der Waals surface area (Å²) in [6, 6.07) is 15.1. The first kappa shape index (κ1) is 28.8. The number of carbonyl (C=O) groups is 2. The van der Waals surface area contributed by atoms with Gasteiger partial charge < -0.3 is 19.7 Å². The SMILES string of the molecule is CC(=O)Nc1nccc(Oc2ccc3c(C(=O)Nc4ccc(OC5CCN(C)CC5)c(C(F)(F)F)c4)cccc3c2)n1. The number of hydrogen-bond donors (Lipinski definition) is 2. The minimum absolute atomic E-state index is 0.00116. The first-order valence-corrected chi connectivity index (χ1v) is 13.2. The third-order valence-electron chi connectivity index (χ3n) is 6.74. The van der Waals surface area contributed by atoms with E-state index >= 15 is 0 Å². The molecule has 1 saturated heterocycles. The number of benzene rings is 3. The zero-order valence-corrected chi connectivity index (χ0v) is 22.9. The van der Waals surface area contributed by atoms with Crippen molar-refractivity contribution in [3.05, 3.63) is 78.0 Å². The maximum absolute atomic E-state index is 13.9. The first-order chi connectivity index (χ1) is 20.0. The molecule has 12 heteroatoms. The highest BCUT2D eigenvalue weighted by Gasteiger charge is 2.36. The Morgan fingerprint density at radius 1 is 1.00 bits per heavy atom. The minimum atomic E-state index is -4.66. The normalized spacial score (nSPS) is 14.4. The topological polar surface area (TPSA) is 106 Å². The number of halogens is 3. The molecule has 0 radical (unpaired) electrons. The lowest BCUT2D eigenvalue weighted by atomic mass is 10.0. The molecule has 5 rings (SSSR count). The minimum Gasteiger partial charge on any atom is -0.490 e. The Morgan fingerprint density at radius 2 is 1.79 bits per heavy atom. The summed E-state index contributed by atoms with van der Waals surface area (Å²) >= 11 is 0. The van der Waals surface area contributed by atoms with Crippen molar-refractivity contribution in [2.75, 3.05) is 30.8 Å². The van der Waals surface area contributed by atoms with E-state index in [9.17, 15) is 22.8 Å². The van der Waals surface area contributed by atoms with Crippen molar-refractivity contribution in [1.29, 1.82) is 0 Å². The fourth-order valence-corrected chi connectivity index (χ4v) is 4.67. The van der Waals surface area contributed by atoms with Crippen LogP contribution in [0, 0.1) is 0 Å². The number of aromatic nitrogens is 2. The molecule has 42 heavy (non-hydrogen) atoms. The number of amides is 2. The number of ether oxygens (including phenoxy) is 2. The average molecular weight is 580 g/mol. The molecule has 3 aromatic carbocycles. The van der Waals surface area contributed by atoms with Crippen molar-refractivity contribution in [1.82, 2.24) is 14.9 Å². The summed E-state index contributed by atoms with van der Waals surface area (Å²) in [7, 11) is 1.96. The quantitative estimate of drug-likeness (QED) is 0.272. The Kier molecular flexibility index (Phi) is 8.25. The Bertz CT molecular complexity index is 1620. The molecule has 2 amide bonds. The van der Waals surface area contributed by atoms with Gasteiger partial charge >= 0.3 is 6.18 Å². The zero-order valence-electron chi connectivity index (χ0n) is 22.9. The summed E-state index contributed by atoms with van der Waals surface area (Å²) in [5.41, 5.74) is -0.668. The number of rotatable bonds is 7. The number of alkyl halides is 3. The van der Waals surface area contributed by atoms with Gasteiger partial charge in [-0.1, -0.05) is 12.1 Å². The number of nitrogens with zero attached hydrogens (tertiary/aromatic N) is 3. The molecular weight excluding hydrogens is 551 g/mol. The van der Waals surface area contributed by atoms with Crippen LogP contribution in [0.5, 0.6) is 17.4 Å². The van der Waals surface area contributed by atoms with Crippen molar-refractivity contribution in [3.63, 3.8) is 0 Å². The van der Waals surface area contributed by atoms with E-state index in [1.165, 1.54) is 31.3 Å². The van der Waals surface area contributed by atoms with Crippen LogP contribution in [0.15, 0.2) is 66.9 Å². The summed E-state index contributed by atoms with van der Waals surface area (Å²) in [4.78, 5) is 34.7. The van der Waals surface area contributed by atoms with Gasteiger partial charge in [-0.2, -0.15) is 18.2 Å². The van der Waals surface area contributed by atoms with E-state index < -0.39 is 17.6 Å². The van der Waals surface area contributed by atoms with Gasteiger partial charge in [-0.15, -0.1) is 0 Å². The lowest BCUT2D eigenvalue weighted by molar-refractivity contribution is -0.139. The third-order valence-corrected chi connectivity index (χ3v) is 6.74. The molecular formula is C30H28F3N5O4. The van der Waals surface area contributed by atoms with Gasteiger partial charge in [-0.05, 0) is 73.1 Å². The van der Waals surface area contributed by atoms with Crippen molar-refractivity contribution in [2.24, 2.45) is 0 Å². The molecule has 1 aliphatic heterocycles. The summed E-state index contributed by atoms with van der Waals surface area (Å²) in [5, 5.41) is 6.30. The maximum Gasteiger partial charge on any atom is 0.420 e. The number of carbonyl (C=O) groups excluding carboxylic acids is 2. The van der Waals surface area contributed by atoms with E-state index in [1.54, 1.807) is 36.4 Å². The molecule has 0 bridgehead atoms. The van der Waals surface area contributed by atoms with Crippen LogP contribution < -0.4 is 20.1 Å². The molecule has 4 aromatic rings. The second-order valence-corrected chi connectivity index (χ2v) is 9.97. The van der Waals surface area contributed by atoms with Crippen LogP contribution in [-0.4, -0.2) is 52.9 Å². The van der Waals surface area contributed by atoms with Gasteiger partial charge in [-0.25, -0.2) is 4.98 Å². The number of anilines is 2. The van der Waals surface area contributed by atoms with Crippen molar-refractivity contribution in [2.45, 2.75) is 32.0 Å². The third kappa shape index (κ3) is 6.95. The fourth-order valence-electron chi connectivity index (χ4n) is 4.67. The number of fused-ring (bicyclic) bond motifs is 1. The van der Waals surface area contributed by atoms with Gasteiger partial charge in [0.2, 0.25) is 17.7 Å². The molecule has 218 valence electrons. The number of nitrogens with one attached hydrogen (secondary N) is 2. The Labute approximate surface area is 239 Å². The van der Waals surface area contributed by atoms with Crippen LogP contribution in [0.4, 0.5) is 24.8 Å². The van der Waals surface area contributed by atoms with E-state index in [-0.39, 0.29) is 40.8 Å². The maximum atomic E-state index is 13.9. The van der Waals surface area contributed by atoms with Crippen molar-refractivity contribution >= 4 is 34.2 Å². The van der Waals surface area contributed by atoms with E-state index in [0.717, 1.165) is 19.2 Å². The second-order valence-electron chi connectivity index (χ2n) is 9.97. The fraction of sp³-hybridized carbons (Fsp3) is 0.267. The molecule has 0 spiro atoms. The highest BCUT2D eigenvalue weighted by molar-refractivity contribution is 6.13. The first-order valence-electron chi connectivity index (χ1n) is 13.2. The lowest BCUT2D eigenvalue weighted by Gasteiger charge is -2.30. The highest BCUT2D eigenvalue weighted by atomic mass is 19.4. The van der Waals surface area contributed by atoms with Gasteiger partial charge in [0, 0.05) is 43.5 Å². The Balaban J connectivity index is 1.34. The summed E-state index contributed by atoms with van der Waals surface area (Å²) in [6.45, 7) is 2.84. The molecule has 0 aliphatic carbocycles. The Hall–Kier alpha value is -4.71. The molecule has 1 aromatic heterocycles. The molecule has 0 saturated carbocycles. The number of piperidine rings is 1. The second kappa shape index (κ2) is 12.0. The van der Waals surface area contributed by atoms with Crippen LogP contribution in [0.25, 0.3) is 10.8 Å². The predicted molar refractivity (Wildman–Crippen MR) is 151 cm³/mol. The van der Waals surface area contributed by atoms with Gasteiger partial charge in [0.05, 0.1) is 5.56 Å². The standard InChI is InChI=1S/C30H28F3N5O4/c1-18(39)35-29-34-13-10-27(37-29)42-22-7-8-23-19(16-22)4-3-5-24(23)28(40)36-20-6-9-26(25(17-20)30(31,32)33)41-21-11-14-38(2)15-12-21/h3-10,13,16-17,21H,11-12,14-15H2,1-2H3,(H,36,40)(H,34,35,37,39). The monoisotopic (exact) mass is 579 g/mol. The lowest BCUT2D eigenvalue weighted by Crippen LogP contribution is -2.36. The smallest absolute Gasteiger partial charge is 0.420 e. The van der Waals surface area contributed by atoms with Crippen molar-refractivity contribution < 1.29 is 32.2 Å². The average Bonchev–Trinajstić information content (AvgIpc) is 2.94. The van der Waals surface area contributed by atoms with E-state index in [0.29, 0.717) is 29.4 Å². The summed E-state index contributed by atoms with van der Waals surface area (Å²) in [5.74, 6) is -0.430. The molecule has 0 atom stereocenters. The summed E-state index contributed by atoms with van der Waals surface area (Å²) < 4.78 is 53.4. The zero-order chi connectivity index (χ0) is 29.9. The molecule has 0 unspecified atom stereocenters. The summed E-state index contributed by atoms with van der Waals surface area (Å²) in [6.07, 6.45) is -2.26. The van der Waals surface area contributed by atoms with E-state index in [2.05, 4.69) is 25.5 Å². The van der Waals surface area contributed by atoms with Crippen molar-refractivity contribution in [3.8, 4) is 17.4 Å². The molecule has 1 aliphatic rings. The highest BCUT2D eigenvalue weighted by Crippen LogP contribution is 2.39. The van der Waals surface area contributed by atoms with Crippen LogP contribution in [0.3, 0.4) is 0 Å². The van der Waals surface area contributed by atoms with Gasteiger partial charge in [0.25, 0.3) is 5.91 Å². The van der Waals surface area contributed by atoms with Crippen LogP contribution >= 0.6 is 0 Å². The number of hydrogen-bond acceptors (Lipinski definition) is 7.